The maximum atomic E-state index is 12.5. The van der Waals surface area contributed by atoms with Crippen LogP contribution in [0, 0.1) is 11.8 Å². The Morgan fingerprint density at radius 3 is 2.14 bits per heavy atom. The first-order valence-corrected chi connectivity index (χ1v) is 8.97. The molecule has 0 radical (unpaired) electrons. The summed E-state index contributed by atoms with van der Waals surface area (Å²) in [4.78, 5) is 0.346. The van der Waals surface area contributed by atoms with Gasteiger partial charge in [-0.2, -0.15) is 4.31 Å². The first kappa shape index (κ1) is 18.1. The van der Waals surface area contributed by atoms with Gasteiger partial charge in [0.2, 0.25) is 10.0 Å². The predicted molar refractivity (Wildman–Crippen MR) is 87.5 cm³/mol. The first-order valence-electron chi connectivity index (χ1n) is 7.53. The van der Waals surface area contributed by atoms with Gasteiger partial charge < -0.3 is 5.73 Å². The van der Waals surface area contributed by atoms with Gasteiger partial charge in [0.15, 0.2) is 0 Å². The van der Waals surface area contributed by atoms with Crippen molar-refractivity contribution in [3.8, 4) is 0 Å². The topological polar surface area (TPSA) is 63.4 Å². The van der Waals surface area contributed by atoms with Gasteiger partial charge in [-0.05, 0) is 50.3 Å². The van der Waals surface area contributed by atoms with E-state index in [0.717, 1.165) is 12.8 Å². The molecule has 0 saturated carbocycles. The summed E-state index contributed by atoms with van der Waals surface area (Å²) < 4.78 is 26.5. The molecule has 0 aliphatic rings. The zero-order valence-electron chi connectivity index (χ0n) is 13.5. The predicted octanol–water partition coefficient (Wildman–Crippen LogP) is 2.71. The molecular weight excluding hydrogens is 284 g/mol. The molecule has 21 heavy (non-hydrogen) atoms. The number of nitrogens with zero attached hydrogens (tertiary/aromatic N) is 1. The van der Waals surface area contributed by atoms with Crippen molar-refractivity contribution in [3.05, 3.63) is 30.3 Å². The Bertz CT molecular complexity index is 514. The van der Waals surface area contributed by atoms with Gasteiger partial charge >= 0.3 is 0 Å². The van der Waals surface area contributed by atoms with Crippen LogP contribution in [0.15, 0.2) is 35.2 Å². The van der Waals surface area contributed by atoms with Gasteiger partial charge in [0.05, 0.1) is 4.90 Å². The molecule has 0 aromatic heterocycles. The van der Waals surface area contributed by atoms with Crippen molar-refractivity contribution in [3.63, 3.8) is 0 Å². The molecule has 0 fully saturated rings. The van der Waals surface area contributed by atoms with Crippen LogP contribution in [-0.2, 0) is 10.0 Å². The van der Waals surface area contributed by atoms with Crippen molar-refractivity contribution in [2.75, 3.05) is 13.6 Å². The van der Waals surface area contributed by atoms with Gasteiger partial charge in [-0.25, -0.2) is 8.42 Å². The molecule has 120 valence electrons. The monoisotopic (exact) mass is 312 g/mol. The molecule has 0 bridgehead atoms. The number of hydrogen-bond donors (Lipinski definition) is 1. The third kappa shape index (κ3) is 4.80. The number of sulfonamides is 1. The van der Waals surface area contributed by atoms with E-state index in [2.05, 4.69) is 13.8 Å². The minimum absolute atomic E-state index is 0.0389. The first-order chi connectivity index (χ1) is 9.80. The van der Waals surface area contributed by atoms with Crippen LogP contribution in [0.5, 0.6) is 0 Å². The number of benzene rings is 1. The molecule has 1 aromatic rings. The molecule has 1 aromatic carbocycles. The Morgan fingerprint density at radius 1 is 1.10 bits per heavy atom. The normalized spacial score (nSPS) is 15.4. The van der Waals surface area contributed by atoms with Crippen LogP contribution in [0.2, 0.25) is 0 Å². The quantitative estimate of drug-likeness (QED) is 0.802. The highest BCUT2D eigenvalue weighted by Crippen LogP contribution is 2.22. The molecule has 0 spiro atoms. The lowest BCUT2D eigenvalue weighted by atomic mass is 9.90. The van der Waals surface area contributed by atoms with Crippen LogP contribution >= 0.6 is 0 Å². The summed E-state index contributed by atoms with van der Waals surface area (Å²) >= 11 is 0. The van der Waals surface area contributed by atoms with E-state index in [9.17, 15) is 8.42 Å². The van der Waals surface area contributed by atoms with Gasteiger partial charge in [0.25, 0.3) is 0 Å². The fraction of sp³-hybridized carbons (Fsp3) is 0.625. The van der Waals surface area contributed by atoms with Crippen molar-refractivity contribution >= 4 is 10.0 Å². The summed E-state index contributed by atoms with van der Waals surface area (Å²) in [6, 6.07) is 8.54. The highest BCUT2D eigenvalue weighted by Gasteiger charge is 2.25. The number of nitrogens with two attached hydrogens (primary N) is 1. The van der Waals surface area contributed by atoms with E-state index in [1.165, 1.54) is 4.31 Å². The molecule has 0 heterocycles. The molecule has 0 aliphatic carbocycles. The minimum atomic E-state index is -3.41. The van der Waals surface area contributed by atoms with Crippen molar-refractivity contribution in [1.29, 1.82) is 0 Å². The zero-order chi connectivity index (χ0) is 16.0. The summed E-state index contributed by atoms with van der Waals surface area (Å²) in [5, 5.41) is 0. The number of hydrogen-bond acceptors (Lipinski definition) is 3. The Labute approximate surface area is 129 Å². The average Bonchev–Trinajstić information content (AvgIpc) is 2.47. The maximum Gasteiger partial charge on any atom is 0.243 e. The van der Waals surface area contributed by atoms with Crippen LogP contribution in [-0.4, -0.2) is 32.4 Å². The third-order valence-electron chi connectivity index (χ3n) is 4.24. The maximum absolute atomic E-state index is 12.5. The molecule has 0 amide bonds. The molecule has 5 heteroatoms. The second-order valence-corrected chi connectivity index (χ2v) is 8.00. The fourth-order valence-electron chi connectivity index (χ4n) is 2.36. The van der Waals surface area contributed by atoms with Crippen LogP contribution in [0.4, 0.5) is 0 Å². The summed E-state index contributed by atoms with van der Waals surface area (Å²) in [6.45, 7) is 6.92. The van der Waals surface area contributed by atoms with Crippen molar-refractivity contribution in [2.24, 2.45) is 17.6 Å². The van der Waals surface area contributed by atoms with Gasteiger partial charge in [0.1, 0.15) is 0 Å². The highest BCUT2D eigenvalue weighted by atomic mass is 32.2. The Morgan fingerprint density at radius 2 is 1.67 bits per heavy atom. The second kappa shape index (κ2) is 7.92. The lowest BCUT2D eigenvalue weighted by Crippen LogP contribution is -2.36. The molecular formula is C16H28N2O2S. The summed E-state index contributed by atoms with van der Waals surface area (Å²) in [7, 11) is -1.76. The van der Waals surface area contributed by atoms with Crippen LogP contribution in [0.25, 0.3) is 0 Å². The standard InChI is InChI=1S/C16H28N2O2S/c1-13(2)15(12-17)11-10-14(3)18(4)21(19,20)16-8-6-5-7-9-16/h5-9,13-15H,10-12,17H2,1-4H3/t14-,15-/m1/s1. The van der Waals surface area contributed by atoms with E-state index < -0.39 is 10.0 Å². The molecule has 2 N–H and O–H groups in total. The van der Waals surface area contributed by atoms with Crippen LogP contribution in [0.1, 0.15) is 33.6 Å². The van der Waals surface area contributed by atoms with E-state index in [1.807, 2.05) is 13.0 Å². The second-order valence-electron chi connectivity index (χ2n) is 6.00. The average molecular weight is 312 g/mol. The fourth-order valence-corrected chi connectivity index (χ4v) is 3.77. The summed E-state index contributed by atoms with van der Waals surface area (Å²) in [5.74, 6) is 0.971. The van der Waals surface area contributed by atoms with Gasteiger partial charge in [-0.1, -0.05) is 32.0 Å². The van der Waals surface area contributed by atoms with Crippen LogP contribution < -0.4 is 5.73 Å². The van der Waals surface area contributed by atoms with Crippen LogP contribution in [0.3, 0.4) is 0 Å². The summed E-state index contributed by atoms with van der Waals surface area (Å²) in [6.07, 6.45) is 1.77. The molecule has 4 nitrogen and oxygen atoms in total. The Balaban J connectivity index is 2.72. The van der Waals surface area contributed by atoms with E-state index in [-0.39, 0.29) is 6.04 Å². The van der Waals surface area contributed by atoms with E-state index in [1.54, 1.807) is 31.3 Å². The SMILES string of the molecule is CC(C)[C@@H](CN)CC[C@@H](C)N(C)S(=O)(=O)c1ccccc1. The van der Waals surface area contributed by atoms with Crippen molar-refractivity contribution < 1.29 is 8.42 Å². The largest absolute Gasteiger partial charge is 0.330 e. The van der Waals surface area contributed by atoms with Gasteiger partial charge in [-0.3, -0.25) is 0 Å². The molecule has 2 atom stereocenters. The lowest BCUT2D eigenvalue weighted by molar-refractivity contribution is 0.303. The summed E-state index contributed by atoms with van der Waals surface area (Å²) in [5.41, 5.74) is 5.78. The van der Waals surface area contributed by atoms with E-state index in [0.29, 0.717) is 23.3 Å². The minimum Gasteiger partial charge on any atom is -0.330 e. The van der Waals surface area contributed by atoms with E-state index in [4.69, 9.17) is 5.73 Å². The Hall–Kier alpha value is -0.910. The Kier molecular flexibility index (Phi) is 6.84. The third-order valence-corrected chi connectivity index (χ3v) is 6.23. The molecule has 0 unspecified atom stereocenters. The highest BCUT2D eigenvalue weighted by molar-refractivity contribution is 7.89. The molecule has 0 aliphatic heterocycles. The van der Waals surface area contributed by atoms with Crippen molar-refractivity contribution in [1.82, 2.24) is 4.31 Å². The van der Waals surface area contributed by atoms with Crippen molar-refractivity contribution in [2.45, 2.75) is 44.6 Å². The zero-order valence-corrected chi connectivity index (χ0v) is 14.3. The molecule has 0 saturated heterocycles. The van der Waals surface area contributed by atoms with Gasteiger partial charge in [-0.15, -0.1) is 0 Å². The number of rotatable bonds is 8. The molecule has 1 rings (SSSR count). The lowest BCUT2D eigenvalue weighted by Gasteiger charge is -2.27. The van der Waals surface area contributed by atoms with E-state index >= 15 is 0 Å². The van der Waals surface area contributed by atoms with Gasteiger partial charge in [0, 0.05) is 13.1 Å². The smallest absolute Gasteiger partial charge is 0.243 e.